The Labute approximate surface area is 216 Å². The van der Waals surface area contributed by atoms with Crippen molar-refractivity contribution in [3.63, 3.8) is 0 Å². The smallest absolute Gasteiger partial charge is 0.270 e. The van der Waals surface area contributed by atoms with E-state index in [-0.39, 0.29) is 23.7 Å². The molecule has 0 atom stereocenters. The first kappa shape index (κ1) is 25.8. The lowest BCUT2D eigenvalue weighted by atomic mass is 10.1. The predicted octanol–water partition coefficient (Wildman–Crippen LogP) is 4.19. The van der Waals surface area contributed by atoms with Crippen LogP contribution in [-0.2, 0) is 17.8 Å². The molecule has 0 radical (unpaired) electrons. The number of carbonyl (C=O) groups is 1. The molecule has 0 fully saturated rings. The molecule has 2 aromatic carbocycles. The van der Waals surface area contributed by atoms with Gasteiger partial charge in [0.25, 0.3) is 11.2 Å². The maximum absolute atomic E-state index is 13.2. The third-order valence-corrected chi connectivity index (χ3v) is 6.47. The average molecular weight is 523 g/mol. The number of aromatic nitrogens is 2. The van der Waals surface area contributed by atoms with Gasteiger partial charge in [0.15, 0.2) is 11.5 Å². The Hall–Kier alpha value is -4.25. The number of rotatable bonds is 11. The molecule has 4 rings (SSSR count). The van der Waals surface area contributed by atoms with Gasteiger partial charge in [0.1, 0.15) is 11.4 Å². The maximum Gasteiger partial charge on any atom is 0.270 e. The van der Waals surface area contributed by atoms with Gasteiger partial charge in [-0.25, -0.2) is 4.98 Å². The van der Waals surface area contributed by atoms with E-state index in [9.17, 15) is 19.7 Å². The fraction of sp³-hybridized carbons (Fsp3) is 0.269. The predicted molar refractivity (Wildman–Crippen MR) is 141 cm³/mol. The van der Waals surface area contributed by atoms with Crippen LogP contribution in [0, 0.1) is 10.1 Å². The van der Waals surface area contributed by atoms with E-state index in [0.717, 1.165) is 5.56 Å². The Morgan fingerprint density at radius 1 is 1.14 bits per heavy atom. The zero-order chi connectivity index (χ0) is 26.4. The molecule has 1 N–H and O–H groups in total. The molecule has 0 aliphatic rings. The third-order valence-electron chi connectivity index (χ3n) is 5.59. The molecule has 0 unspecified atom stereocenters. The fourth-order valence-corrected chi connectivity index (χ4v) is 4.79. The zero-order valence-corrected chi connectivity index (χ0v) is 21.2. The lowest BCUT2D eigenvalue weighted by molar-refractivity contribution is -0.384. The molecule has 1 amide bonds. The number of hydrogen-bond acceptors (Lipinski definition) is 8. The molecule has 0 saturated carbocycles. The fourth-order valence-electron chi connectivity index (χ4n) is 3.89. The molecule has 0 spiro atoms. The summed E-state index contributed by atoms with van der Waals surface area (Å²) in [5.41, 5.74) is 1.63. The Morgan fingerprint density at radius 3 is 2.68 bits per heavy atom. The Kier molecular flexibility index (Phi) is 8.14. The van der Waals surface area contributed by atoms with E-state index in [0.29, 0.717) is 59.0 Å². The quantitative estimate of drug-likeness (QED) is 0.231. The van der Waals surface area contributed by atoms with Crippen molar-refractivity contribution in [2.45, 2.75) is 26.8 Å². The molecule has 0 aliphatic heterocycles. The van der Waals surface area contributed by atoms with Gasteiger partial charge in [0, 0.05) is 29.6 Å². The number of nitro groups is 1. The first-order valence-electron chi connectivity index (χ1n) is 11.8. The SMILES string of the molecule is CCOc1ccc(CCNC(=O)Cn2cnc3scc(-c4cccc([N+](=O)[O-])c4)c3c2=O)cc1OCC. The number of carbonyl (C=O) groups excluding carboxylic acids is 1. The highest BCUT2D eigenvalue weighted by Gasteiger charge is 2.16. The summed E-state index contributed by atoms with van der Waals surface area (Å²) in [4.78, 5) is 41.3. The number of non-ortho nitro benzene ring substituents is 1. The summed E-state index contributed by atoms with van der Waals surface area (Å²) < 4.78 is 12.5. The van der Waals surface area contributed by atoms with Gasteiger partial charge >= 0.3 is 0 Å². The van der Waals surface area contributed by atoms with Crippen LogP contribution in [0.5, 0.6) is 11.5 Å². The number of benzene rings is 2. The van der Waals surface area contributed by atoms with Gasteiger partial charge in [0.2, 0.25) is 5.91 Å². The molecule has 2 aromatic heterocycles. The van der Waals surface area contributed by atoms with Crippen molar-refractivity contribution in [2.24, 2.45) is 0 Å². The van der Waals surface area contributed by atoms with Crippen LogP contribution in [0.25, 0.3) is 21.3 Å². The number of fused-ring (bicyclic) bond motifs is 1. The molecule has 4 aromatic rings. The second kappa shape index (κ2) is 11.7. The minimum atomic E-state index is -0.482. The lowest BCUT2D eigenvalue weighted by Crippen LogP contribution is -2.33. The summed E-state index contributed by atoms with van der Waals surface area (Å²) in [5.74, 6) is 1.01. The van der Waals surface area contributed by atoms with Gasteiger partial charge in [-0.2, -0.15) is 0 Å². The summed E-state index contributed by atoms with van der Waals surface area (Å²) in [6, 6.07) is 11.8. The monoisotopic (exact) mass is 522 g/mol. The molecule has 2 heterocycles. The molecule has 192 valence electrons. The van der Waals surface area contributed by atoms with Crippen LogP contribution < -0.4 is 20.3 Å². The molecule has 0 saturated heterocycles. The molecule has 11 heteroatoms. The first-order valence-corrected chi connectivity index (χ1v) is 12.7. The minimum Gasteiger partial charge on any atom is -0.490 e. The molecule has 10 nitrogen and oxygen atoms in total. The summed E-state index contributed by atoms with van der Waals surface area (Å²) in [7, 11) is 0. The van der Waals surface area contributed by atoms with Crippen molar-refractivity contribution < 1.29 is 19.2 Å². The van der Waals surface area contributed by atoms with E-state index < -0.39 is 4.92 Å². The first-order chi connectivity index (χ1) is 17.9. The summed E-state index contributed by atoms with van der Waals surface area (Å²) in [5, 5.41) is 16.1. The Bertz CT molecular complexity index is 1500. The Morgan fingerprint density at radius 2 is 1.92 bits per heavy atom. The van der Waals surface area contributed by atoms with Crippen LogP contribution in [0.1, 0.15) is 19.4 Å². The van der Waals surface area contributed by atoms with E-state index in [1.165, 1.54) is 34.4 Å². The standard InChI is InChI=1S/C26H26N4O6S/c1-3-35-21-9-8-17(12-22(21)36-4-2)10-11-27-23(31)14-29-16-28-25-24(26(29)32)20(15-37-25)18-6-5-7-19(13-18)30(33)34/h5-9,12-13,15-16H,3-4,10-11,14H2,1-2H3,(H,27,31). The molecule has 37 heavy (non-hydrogen) atoms. The van der Waals surface area contributed by atoms with Gasteiger partial charge in [-0.05, 0) is 43.5 Å². The highest BCUT2D eigenvalue weighted by molar-refractivity contribution is 7.17. The topological polar surface area (TPSA) is 126 Å². The number of nitro benzene ring substituents is 1. The second-order valence-electron chi connectivity index (χ2n) is 8.06. The van der Waals surface area contributed by atoms with Gasteiger partial charge in [-0.3, -0.25) is 24.3 Å². The normalized spacial score (nSPS) is 10.9. The number of hydrogen-bond donors (Lipinski definition) is 1. The largest absolute Gasteiger partial charge is 0.490 e. The highest BCUT2D eigenvalue weighted by Crippen LogP contribution is 2.32. The molecule has 0 bridgehead atoms. The second-order valence-corrected chi connectivity index (χ2v) is 8.92. The van der Waals surface area contributed by atoms with E-state index in [4.69, 9.17) is 9.47 Å². The van der Waals surface area contributed by atoms with Crippen LogP contribution in [0.2, 0.25) is 0 Å². The van der Waals surface area contributed by atoms with Crippen LogP contribution in [0.3, 0.4) is 0 Å². The number of nitrogens with one attached hydrogen (secondary N) is 1. The van der Waals surface area contributed by atoms with Crippen molar-refractivity contribution in [2.75, 3.05) is 19.8 Å². The number of nitrogens with zero attached hydrogens (tertiary/aromatic N) is 3. The maximum atomic E-state index is 13.2. The van der Waals surface area contributed by atoms with Crippen molar-refractivity contribution in [1.82, 2.24) is 14.9 Å². The average Bonchev–Trinajstić information content (AvgIpc) is 3.32. The van der Waals surface area contributed by atoms with Gasteiger partial charge in [-0.15, -0.1) is 11.3 Å². The molecular formula is C26H26N4O6S. The minimum absolute atomic E-state index is 0.0682. The summed E-state index contributed by atoms with van der Waals surface area (Å²) >= 11 is 1.27. The van der Waals surface area contributed by atoms with Crippen LogP contribution in [-0.4, -0.2) is 40.1 Å². The van der Waals surface area contributed by atoms with E-state index in [1.54, 1.807) is 17.5 Å². The number of amides is 1. The zero-order valence-electron chi connectivity index (χ0n) is 20.4. The highest BCUT2D eigenvalue weighted by atomic mass is 32.1. The van der Waals surface area contributed by atoms with Gasteiger partial charge in [-0.1, -0.05) is 18.2 Å². The third kappa shape index (κ3) is 5.95. The van der Waals surface area contributed by atoms with E-state index >= 15 is 0 Å². The molecule has 0 aliphatic carbocycles. The van der Waals surface area contributed by atoms with Crippen molar-refractivity contribution in [3.05, 3.63) is 80.2 Å². The van der Waals surface area contributed by atoms with Gasteiger partial charge in [0.05, 0.1) is 29.9 Å². The summed E-state index contributed by atoms with van der Waals surface area (Å²) in [6.07, 6.45) is 1.92. The van der Waals surface area contributed by atoms with E-state index in [1.807, 2.05) is 32.0 Å². The number of ether oxygens (including phenoxy) is 2. The van der Waals surface area contributed by atoms with Crippen LogP contribution in [0.4, 0.5) is 5.69 Å². The van der Waals surface area contributed by atoms with Crippen molar-refractivity contribution in [3.8, 4) is 22.6 Å². The van der Waals surface area contributed by atoms with Crippen molar-refractivity contribution >= 4 is 33.1 Å². The lowest BCUT2D eigenvalue weighted by Gasteiger charge is -2.13. The van der Waals surface area contributed by atoms with Crippen LogP contribution in [0.15, 0.2) is 59.0 Å². The summed E-state index contributed by atoms with van der Waals surface area (Å²) in [6.45, 7) is 5.04. The Balaban J connectivity index is 1.45. The van der Waals surface area contributed by atoms with E-state index in [2.05, 4.69) is 10.3 Å². The van der Waals surface area contributed by atoms with Crippen LogP contribution >= 0.6 is 11.3 Å². The molecular weight excluding hydrogens is 496 g/mol. The van der Waals surface area contributed by atoms with Crippen molar-refractivity contribution in [1.29, 1.82) is 0 Å². The number of thiophene rings is 1. The van der Waals surface area contributed by atoms with Gasteiger partial charge < -0.3 is 14.8 Å².